The highest BCUT2D eigenvalue weighted by Gasteiger charge is 2.04. The molecule has 0 aromatic heterocycles. The first kappa shape index (κ1) is 12.7. The van der Waals surface area contributed by atoms with Gasteiger partial charge in [0.2, 0.25) is 0 Å². The highest BCUT2D eigenvalue weighted by molar-refractivity contribution is 6.33. The van der Waals surface area contributed by atoms with Crippen molar-refractivity contribution < 1.29 is 4.39 Å². The molecule has 0 aliphatic heterocycles. The summed E-state index contributed by atoms with van der Waals surface area (Å²) in [6.07, 6.45) is 0. The predicted octanol–water partition coefficient (Wildman–Crippen LogP) is 4.75. The molecule has 0 aliphatic rings. The number of hydrogen-bond acceptors (Lipinski definition) is 2. The van der Waals surface area contributed by atoms with Crippen molar-refractivity contribution in [2.45, 2.75) is 0 Å². The molecule has 0 spiro atoms. The average molecular weight is 281 g/mol. The molecule has 0 amide bonds. The Balaban J connectivity index is 2.29. The number of nitrogens with one attached hydrogen (secondary N) is 1. The van der Waals surface area contributed by atoms with Crippen LogP contribution in [0, 0.1) is 17.1 Å². The highest BCUT2D eigenvalue weighted by Crippen LogP contribution is 2.28. The van der Waals surface area contributed by atoms with Crippen molar-refractivity contribution in [3.8, 4) is 6.07 Å². The lowest BCUT2D eigenvalue weighted by atomic mass is 10.2. The summed E-state index contributed by atoms with van der Waals surface area (Å²) in [6.45, 7) is 0. The van der Waals surface area contributed by atoms with E-state index in [1.54, 1.807) is 18.2 Å². The molecule has 18 heavy (non-hydrogen) atoms. The molecule has 0 bridgehead atoms. The van der Waals surface area contributed by atoms with Crippen molar-refractivity contribution in [2.24, 2.45) is 0 Å². The summed E-state index contributed by atoms with van der Waals surface area (Å²) in [4.78, 5) is 0. The van der Waals surface area contributed by atoms with Crippen molar-refractivity contribution in [3.05, 3.63) is 57.8 Å². The SMILES string of the molecule is N#Cc1ccc(Nc2ccc(F)cc2Cl)cc1Cl. The fourth-order valence-corrected chi connectivity index (χ4v) is 1.87. The van der Waals surface area contributed by atoms with Crippen LogP contribution in [0.4, 0.5) is 15.8 Å². The van der Waals surface area contributed by atoms with E-state index in [2.05, 4.69) is 5.32 Å². The molecule has 0 saturated heterocycles. The summed E-state index contributed by atoms with van der Waals surface area (Å²) in [5, 5.41) is 12.4. The van der Waals surface area contributed by atoms with Crippen molar-refractivity contribution in [3.63, 3.8) is 0 Å². The lowest BCUT2D eigenvalue weighted by Gasteiger charge is -2.09. The number of halogens is 3. The van der Waals surface area contributed by atoms with Crippen LogP contribution >= 0.6 is 23.2 Å². The van der Waals surface area contributed by atoms with E-state index >= 15 is 0 Å². The van der Waals surface area contributed by atoms with Gasteiger partial charge in [-0.15, -0.1) is 0 Å². The molecule has 5 heteroatoms. The first-order valence-electron chi connectivity index (χ1n) is 5.02. The fraction of sp³-hybridized carbons (Fsp3) is 0. The van der Waals surface area contributed by atoms with Crippen LogP contribution in [0.1, 0.15) is 5.56 Å². The highest BCUT2D eigenvalue weighted by atomic mass is 35.5. The van der Waals surface area contributed by atoms with Gasteiger partial charge < -0.3 is 5.32 Å². The van der Waals surface area contributed by atoms with E-state index < -0.39 is 5.82 Å². The first-order valence-corrected chi connectivity index (χ1v) is 5.77. The largest absolute Gasteiger partial charge is 0.354 e. The Bertz CT molecular complexity index is 635. The maximum Gasteiger partial charge on any atom is 0.124 e. The third-order valence-corrected chi connectivity index (χ3v) is 2.93. The molecule has 0 radical (unpaired) electrons. The summed E-state index contributed by atoms with van der Waals surface area (Å²) in [7, 11) is 0. The van der Waals surface area contributed by atoms with Gasteiger partial charge in [0, 0.05) is 5.69 Å². The van der Waals surface area contributed by atoms with Crippen LogP contribution in [0.25, 0.3) is 0 Å². The lowest BCUT2D eigenvalue weighted by Crippen LogP contribution is -1.92. The smallest absolute Gasteiger partial charge is 0.124 e. The second-order valence-electron chi connectivity index (χ2n) is 3.56. The van der Waals surface area contributed by atoms with Crippen LogP contribution in [-0.4, -0.2) is 0 Å². The topological polar surface area (TPSA) is 35.8 Å². The molecule has 2 aromatic rings. The summed E-state index contributed by atoms with van der Waals surface area (Å²) in [5.74, 6) is -0.400. The monoisotopic (exact) mass is 280 g/mol. The van der Waals surface area contributed by atoms with Gasteiger partial charge >= 0.3 is 0 Å². The Morgan fingerprint density at radius 2 is 1.83 bits per heavy atom. The van der Waals surface area contributed by atoms with Gasteiger partial charge in [0.05, 0.1) is 21.3 Å². The molecule has 0 aliphatic carbocycles. The molecule has 0 heterocycles. The van der Waals surface area contributed by atoms with E-state index in [4.69, 9.17) is 28.5 Å². The fourth-order valence-electron chi connectivity index (χ4n) is 1.43. The van der Waals surface area contributed by atoms with E-state index in [0.29, 0.717) is 22.0 Å². The van der Waals surface area contributed by atoms with Crippen LogP contribution in [0.3, 0.4) is 0 Å². The predicted molar refractivity (Wildman–Crippen MR) is 70.9 cm³/mol. The molecule has 0 atom stereocenters. The second kappa shape index (κ2) is 5.26. The van der Waals surface area contributed by atoms with Gasteiger partial charge in [-0.3, -0.25) is 0 Å². The summed E-state index contributed by atoms with van der Waals surface area (Å²) >= 11 is 11.8. The minimum absolute atomic E-state index is 0.274. The molecule has 2 rings (SSSR count). The minimum atomic E-state index is -0.400. The Morgan fingerprint density at radius 1 is 1.06 bits per heavy atom. The Hall–Kier alpha value is -1.76. The Labute approximate surface area is 114 Å². The second-order valence-corrected chi connectivity index (χ2v) is 4.37. The first-order chi connectivity index (χ1) is 8.60. The van der Waals surface area contributed by atoms with E-state index in [9.17, 15) is 4.39 Å². The standard InChI is InChI=1S/C13H7Cl2FN2/c14-11-6-10(3-1-8(11)7-17)18-13-4-2-9(16)5-12(13)15/h1-6,18H. The van der Waals surface area contributed by atoms with Gasteiger partial charge in [0.25, 0.3) is 0 Å². The quantitative estimate of drug-likeness (QED) is 0.862. The van der Waals surface area contributed by atoms with Gasteiger partial charge in [-0.2, -0.15) is 5.26 Å². The van der Waals surface area contributed by atoms with E-state index in [1.165, 1.54) is 18.2 Å². The van der Waals surface area contributed by atoms with E-state index in [1.807, 2.05) is 6.07 Å². The van der Waals surface area contributed by atoms with Crippen LogP contribution < -0.4 is 5.32 Å². The summed E-state index contributed by atoms with van der Waals surface area (Å²) in [5.41, 5.74) is 1.64. The molecule has 2 aromatic carbocycles. The van der Waals surface area contributed by atoms with Crippen LogP contribution in [0.15, 0.2) is 36.4 Å². The molecule has 90 valence electrons. The molecule has 0 unspecified atom stereocenters. The zero-order valence-corrected chi connectivity index (χ0v) is 10.6. The number of nitriles is 1. The van der Waals surface area contributed by atoms with Gasteiger partial charge in [-0.25, -0.2) is 4.39 Å². The average Bonchev–Trinajstić information content (AvgIpc) is 2.33. The van der Waals surface area contributed by atoms with Crippen LogP contribution in [0.5, 0.6) is 0 Å². The zero-order valence-electron chi connectivity index (χ0n) is 9.05. The third kappa shape index (κ3) is 2.73. The van der Waals surface area contributed by atoms with Gasteiger partial charge in [-0.05, 0) is 36.4 Å². The molecule has 1 N–H and O–H groups in total. The van der Waals surface area contributed by atoms with Gasteiger partial charge in [0.1, 0.15) is 11.9 Å². The molecular formula is C13H7Cl2FN2. The van der Waals surface area contributed by atoms with Crippen molar-refractivity contribution in [2.75, 3.05) is 5.32 Å². The number of benzene rings is 2. The van der Waals surface area contributed by atoms with Crippen molar-refractivity contribution in [1.29, 1.82) is 5.26 Å². The number of rotatable bonds is 2. The van der Waals surface area contributed by atoms with E-state index in [-0.39, 0.29) is 5.02 Å². The molecule has 0 fully saturated rings. The van der Waals surface area contributed by atoms with Crippen LogP contribution in [-0.2, 0) is 0 Å². The van der Waals surface area contributed by atoms with Crippen molar-refractivity contribution >= 4 is 34.6 Å². The molecular weight excluding hydrogens is 274 g/mol. The minimum Gasteiger partial charge on any atom is -0.354 e. The summed E-state index contributed by atoms with van der Waals surface area (Å²) in [6, 6.07) is 10.9. The number of anilines is 2. The number of nitrogens with zero attached hydrogens (tertiary/aromatic N) is 1. The van der Waals surface area contributed by atoms with E-state index in [0.717, 1.165) is 0 Å². The summed E-state index contributed by atoms with van der Waals surface area (Å²) < 4.78 is 12.9. The zero-order chi connectivity index (χ0) is 13.1. The lowest BCUT2D eigenvalue weighted by molar-refractivity contribution is 0.628. The normalized spacial score (nSPS) is 9.89. The number of hydrogen-bond donors (Lipinski definition) is 1. The Morgan fingerprint density at radius 3 is 2.44 bits per heavy atom. The molecule has 0 saturated carbocycles. The van der Waals surface area contributed by atoms with Gasteiger partial charge in [-0.1, -0.05) is 23.2 Å². The maximum absolute atomic E-state index is 12.9. The molecule has 2 nitrogen and oxygen atoms in total. The Kier molecular flexibility index (Phi) is 3.71. The van der Waals surface area contributed by atoms with Crippen molar-refractivity contribution in [1.82, 2.24) is 0 Å². The maximum atomic E-state index is 12.9. The third-order valence-electron chi connectivity index (χ3n) is 2.30. The van der Waals surface area contributed by atoms with Crippen LogP contribution in [0.2, 0.25) is 10.0 Å². The van der Waals surface area contributed by atoms with Gasteiger partial charge in [0.15, 0.2) is 0 Å².